The van der Waals surface area contributed by atoms with Crippen molar-refractivity contribution in [2.24, 2.45) is 0 Å². The zero-order valence-corrected chi connectivity index (χ0v) is 14.9. The van der Waals surface area contributed by atoms with Crippen molar-refractivity contribution in [3.05, 3.63) is 68.7 Å². The molecule has 2 aromatic carbocycles. The van der Waals surface area contributed by atoms with Crippen LogP contribution in [0.25, 0.3) is 10.9 Å². The van der Waals surface area contributed by atoms with Gasteiger partial charge in [0.15, 0.2) is 0 Å². The Bertz CT molecular complexity index is 995. The molecule has 6 heteroatoms. The molecule has 3 aromatic rings. The number of anilines is 1. The van der Waals surface area contributed by atoms with Gasteiger partial charge in [0.05, 0.1) is 17.2 Å². The van der Waals surface area contributed by atoms with Gasteiger partial charge in [0, 0.05) is 10.2 Å². The predicted octanol–water partition coefficient (Wildman–Crippen LogP) is 3.41. The van der Waals surface area contributed by atoms with Crippen molar-refractivity contribution in [1.82, 2.24) is 9.55 Å². The Morgan fingerprint density at radius 1 is 1.25 bits per heavy atom. The summed E-state index contributed by atoms with van der Waals surface area (Å²) in [5.41, 5.74) is 3.23. The maximum Gasteiger partial charge on any atom is 0.261 e. The van der Waals surface area contributed by atoms with Crippen molar-refractivity contribution in [2.75, 3.05) is 5.32 Å². The van der Waals surface area contributed by atoms with E-state index in [4.69, 9.17) is 0 Å². The number of aromatic nitrogens is 2. The Balaban J connectivity index is 1.87. The van der Waals surface area contributed by atoms with Crippen LogP contribution in [0.3, 0.4) is 0 Å². The summed E-state index contributed by atoms with van der Waals surface area (Å²) in [5, 5.41) is 3.33. The van der Waals surface area contributed by atoms with E-state index in [2.05, 4.69) is 26.2 Å². The van der Waals surface area contributed by atoms with E-state index < -0.39 is 0 Å². The number of fused-ring (bicyclic) bond motifs is 1. The minimum absolute atomic E-state index is 0.0817. The first-order valence-electron chi connectivity index (χ1n) is 7.46. The van der Waals surface area contributed by atoms with E-state index in [0.29, 0.717) is 10.9 Å². The third-order valence-electron chi connectivity index (χ3n) is 3.98. The third kappa shape index (κ3) is 3.23. The fourth-order valence-corrected chi connectivity index (χ4v) is 2.84. The summed E-state index contributed by atoms with van der Waals surface area (Å²) in [7, 11) is 0. The minimum atomic E-state index is -0.262. The SMILES string of the molecule is Cc1cccc(NC(=O)Cn2cnc3ccc(Br)cc3c2=O)c1C. The highest BCUT2D eigenvalue weighted by molar-refractivity contribution is 9.10. The Hall–Kier alpha value is -2.47. The molecule has 5 nitrogen and oxygen atoms in total. The highest BCUT2D eigenvalue weighted by Crippen LogP contribution is 2.18. The lowest BCUT2D eigenvalue weighted by molar-refractivity contribution is -0.116. The Kier molecular flexibility index (Phi) is 4.49. The normalized spacial score (nSPS) is 10.8. The quantitative estimate of drug-likeness (QED) is 0.751. The van der Waals surface area contributed by atoms with Crippen LogP contribution >= 0.6 is 15.9 Å². The van der Waals surface area contributed by atoms with Crippen molar-refractivity contribution < 1.29 is 4.79 Å². The van der Waals surface area contributed by atoms with E-state index in [1.807, 2.05) is 38.1 Å². The number of rotatable bonds is 3. The summed E-state index contributed by atoms with van der Waals surface area (Å²) in [5.74, 6) is -0.262. The summed E-state index contributed by atoms with van der Waals surface area (Å²) < 4.78 is 2.11. The van der Waals surface area contributed by atoms with Crippen LogP contribution in [-0.2, 0) is 11.3 Å². The van der Waals surface area contributed by atoms with Gasteiger partial charge in [-0.15, -0.1) is 0 Å². The Morgan fingerprint density at radius 2 is 2.04 bits per heavy atom. The second-order valence-corrected chi connectivity index (χ2v) is 6.55. The van der Waals surface area contributed by atoms with Crippen molar-refractivity contribution in [2.45, 2.75) is 20.4 Å². The predicted molar refractivity (Wildman–Crippen MR) is 98.2 cm³/mol. The van der Waals surface area contributed by atoms with Crippen LogP contribution in [0.15, 0.2) is 52.0 Å². The number of benzene rings is 2. The average molecular weight is 386 g/mol. The van der Waals surface area contributed by atoms with Gasteiger partial charge >= 0.3 is 0 Å². The van der Waals surface area contributed by atoms with E-state index in [1.165, 1.54) is 10.9 Å². The first-order chi connectivity index (χ1) is 11.5. The molecule has 1 aromatic heterocycles. The maximum atomic E-state index is 12.5. The zero-order valence-electron chi connectivity index (χ0n) is 13.3. The molecule has 0 saturated carbocycles. The van der Waals surface area contributed by atoms with Crippen molar-refractivity contribution in [3.63, 3.8) is 0 Å². The lowest BCUT2D eigenvalue weighted by Gasteiger charge is -2.11. The van der Waals surface area contributed by atoms with Gasteiger partial charge in [-0.3, -0.25) is 14.2 Å². The molecule has 0 aliphatic carbocycles. The van der Waals surface area contributed by atoms with Gasteiger partial charge in [-0.1, -0.05) is 28.1 Å². The number of carbonyl (C=O) groups excluding carboxylic acids is 1. The molecule has 0 aliphatic rings. The molecule has 0 spiro atoms. The molecule has 1 N–H and O–H groups in total. The average Bonchev–Trinajstić information content (AvgIpc) is 2.55. The van der Waals surface area contributed by atoms with Gasteiger partial charge in [0.1, 0.15) is 6.54 Å². The van der Waals surface area contributed by atoms with Gasteiger partial charge in [-0.2, -0.15) is 0 Å². The van der Waals surface area contributed by atoms with Gasteiger partial charge in [0.25, 0.3) is 5.56 Å². The summed E-state index contributed by atoms with van der Waals surface area (Å²) in [6.45, 7) is 3.86. The summed E-state index contributed by atoms with van der Waals surface area (Å²) in [4.78, 5) is 29.0. The van der Waals surface area contributed by atoms with E-state index in [9.17, 15) is 9.59 Å². The molecular weight excluding hydrogens is 370 g/mol. The summed E-state index contributed by atoms with van der Waals surface area (Å²) in [6, 6.07) is 11.0. The van der Waals surface area contributed by atoms with Crippen LogP contribution in [-0.4, -0.2) is 15.5 Å². The number of nitrogens with one attached hydrogen (secondary N) is 1. The topological polar surface area (TPSA) is 64.0 Å². The number of nitrogens with zero attached hydrogens (tertiary/aromatic N) is 2. The molecule has 0 unspecified atom stereocenters. The van der Waals surface area contributed by atoms with Crippen molar-refractivity contribution in [3.8, 4) is 0 Å². The molecule has 0 saturated heterocycles. The highest BCUT2D eigenvalue weighted by Gasteiger charge is 2.10. The lowest BCUT2D eigenvalue weighted by Crippen LogP contribution is -2.28. The van der Waals surface area contributed by atoms with Crippen LogP contribution in [0, 0.1) is 13.8 Å². The summed E-state index contributed by atoms with van der Waals surface area (Å²) in [6.07, 6.45) is 1.40. The van der Waals surface area contributed by atoms with Gasteiger partial charge < -0.3 is 5.32 Å². The molecular formula is C18H16BrN3O2. The number of hydrogen-bond donors (Lipinski definition) is 1. The lowest BCUT2D eigenvalue weighted by atomic mass is 10.1. The Labute approximate surface area is 147 Å². The smallest absolute Gasteiger partial charge is 0.261 e. The molecule has 122 valence electrons. The fraction of sp³-hybridized carbons (Fsp3) is 0.167. The van der Waals surface area contributed by atoms with Crippen LogP contribution < -0.4 is 10.9 Å². The molecule has 3 rings (SSSR count). The molecule has 0 bridgehead atoms. The number of halogens is 1. The summed E-state index contributed by atoms with van der Waals surface area (Å²) >= 11 is 3.35. The first-order valence-corrected chi connectivity index (χ1v) is 8.26. The van der Waals surface area contributed by atoms with Crippen LogP contribution in [0.4, 0.5) is 5.69 Å². The Morgan fingerprint density at radius 3 is 2.83 bits per heavy atom. The van der Waals surface area contributed by atoms with Crippen LogP contribution in [0.1, 0.15) is 11.1 Å². The molecule has 0 radical (unpaired) electrons. The number of hydrogen-bond acceptors (Lipinski definition) is 3. The second kappa shape index (κ2) is 6.57. The molecule has 1 heterocycles. The van der Waals surface area contributed by atoms with Gasteiger partial charge in [-0.05, 0) is 49.2 Å². The zero-order chi connectivity index (χ0) is 17.3. The number of carbonyl (C=O) groups is 1. The maximum absolute atomic E-state index is 12.5. The van der Waals surface area contributed by atoms with E-state index in [-0.39, 0.29) is 18.0 Å². The minimum Gasteiger partial charge on any atom is -0.324 e. The first kappa shape index (κ1) is 16.4. The van der Waals surface area contributed by atoms with E-state index in [1.54, 1.807) is 12.1 Å². The molecule has 1 amide bonds. The highest BCUT2D eigenvalue weighted by atomic mass is 79.9. The molecule has 0 fully saturated rings. The fourth-order valence-electron chi connectivity index (χ4n) is 2.47. The number of aryl methyl sites for hydroxylation is 1. The van der Waals surface area contributed by atoms with Crippen molar-refractivity contribution >= 4 is 38.4 Å². The standard InChI is InChI=1S/C18H16BrN3O2/c1-11-4-3-5-15(12(11)2)21-17(23)9-22-10-20-16-7-6-13(19)8-14(16)18(22)24/h3-8,10H,9H2,1-2H3,(H,21,23). The molecule has 0 atom stereocenters. The molecule has 0 aliphatic heterocycles. The van der Waals surface area contributed by atoms with Crippen LogP contribution in [0.5, 0.6) is 0 Å². The molecule has 24 heavy (non-hydrogen) atoms. The van der Waals surface area contributed by atoms with Crippen LogP contribution in [0.2, 0.25) is 0 Å². The van der Waals surface area contributed by atoms with E-state index in [0.717, 1.165) is 21.3 Å². The monoisotopic (exact) mass is 385 g/mol. The van der Waals surface area contributed by atoms with Gasteiger partial charge in [0.2, 0.25) is 5.91 Å². The largest absolute Gasteiger partial charge is 0.324 e. The van der Waals surface area contributed by atoms with E-state index >= 15 is 0 Å². The van der Waals surface area contributed by atoms with Crippen molar-refractivity contribution in [1.29, 1.82) is 0 Å². The van der Waals surface area contributed by atoms with Gasteiger partial charge in [-0.25, -0.2) is 4.98 Å². The second-order valence-electron chi connectivity index (χ2n) is 5.63. The number of amides is 1. The third-order valence-corrected chi connectivity index (χ3v) is 4.47.